The molecule has 104 valence electrons. The van der Waals surface area contributed by atoms with Crippen molar-refractivity contribution < 1.29 is 0 Å². The molecule has 0 radical (unpaired) electrons. The normalized spacial score (nSPS) is 16.6. The molecule has 0 saturated carbocycles. The van der Waals surface area contributed by atoms with Crippen LogP contribution in [0.4, 0.5) is 11.5 Å². The minimum atomic E-state index is 0.757. The number of allylic oxidation sites excluding steroid dienone is 1. The molecule has 0 unspecified atom stereocenters. The number of anilines is 1. The smallest absolute Gasteiger partial charge is 0.183 e. The first-order valence-corrected chi connectivity index (χ1v) is 6.80. The molecule has 3 heterocycles. The topological polar surface area (TPSA) is 71.8 Å². The van der Waals surface area contributed by atoms with Crippen LogP contribution in [0.1, 0.15) is 19.8 Å². The lowest BCUT2D eigenvalue weighted by atomic mass is 10.3. The molecule has 0 aliphatic carbocycles. The summed E-state index contributed by atoms with van der Waals surface area (Å²) in [6.45, 7) is 4.05. The molecular weight excluding hydrogens is 252 g/mol. The fourth-order valence-corrected chi connectivity index (χ4v) is 2.28. The van der Waals surface area contributed by atoms with Gasteiger partial charge in [0, 0.05) is 25.5 Å². The highest BCUT2D eigenvalue weighted by Gasteiger charge is 2.15. The standard InChI is InChI=1S/C14H18N6/c1-11(8-15)9-16-12-10-17-20-7-4-13(18-14(12)20)19-5-2-3-6-19/h4,7-10H,2-3,5-6,15H2,1H3. The zero-order valence-electron chi connectivity index (χ0n) is 11.5. The molecule has 0 aromatic carbocycles. The molecule has 2 aromatic rings. The largest absolute Gasteiger partial charge is 0.404 e. The number of nitrogens with zero attached hydrogens (tertiary/aromatic N) is 5. The van der Waals surface area contributed by atoms with Gasteiger partial charge in [0.15, 0.2) is 5.65 Å². The Morgan fingerprint density at radius 2 is 2.20 bits per heavy atom. The van der Waals surface area contributed by atoms with Gasteiger partial charge in [-0.1, -0.05) is 0 Å². The highest BCUT2D eigenvalue weighted by Crippen LogP contribution is 2.23. The van der Waals surface area contributed by atoms with E-state index in [0.29, 0.717) is 0 Å². The quantitative estimate of drug-likeness (QED) is 0.865. The van der Waals surface area contributed by atoms with Crippen molar-refractivity contribution in [3.63, 3.8) is 0 Å². The minimum Gasteiger partial charge on any atom is -0.404 e. The zero-order chi connectivity index (χ0) is 13.9. The van der Waals surface area contributed by atoms with Crippen LogP contribution < -0.4 is 10.6 Å². The summed E-state index contributed by atoms with van der Waals surface area (Å²) < 4.78 is 1.74. The zero-order valence-corrected chi connectivity index (χ0v) is 11.5. The summed E-state index contributed by atoms with van der Waals surface area (Å²) in [7, 11) is 0. The van der Waals surface area contributed by atoms with E-state index in [0.717, 1.165) is 35.8 Å². The monoisotopic (exact) mass is 270 g/mol. The van der Waals surface area contributed by atoms with E-state index in [-0.39, 0.29) is 0 Å². The second-order valence-corrected chi connectivity index (χ2v) is 4.95. The maximum atomic E-state index is 5.43. The van der Waals surface area contributed by atoms with E-state index in [2.05, 4.69) is 20.0 Å². The summed E-state index contributed by atoms with van der Waals surface area (Å²) in [4.78, 5) is 11.4. The molecule has 1 aliphatic heterocycles. The van der Waals surface area contributed by atoms with E-state index in [4.69, 9.17) is 5.73 Å². The Bertz CT molecular complexity index is 663. The van der Waals surface area contributed by atoms with Crippen molar-refractivity contribution in [2.24, 2.45) is 10.7 Å². The van der Waals surface area contributed by atoms with E-state index in [9.17, 15) is 0 Å². The van der Waals surface area contributed by atoms with Crippen molar-refractivity contribution in [1.29, 1.82) is 0 Å². The molecule has 1 aliphatic rings. The molecule has 3 rings (SSSR count). The molecular formula is C14H18N6. The number of hydrogen-bond donors (Lipinski definition) is 1. The van der Waals surface area contributed by atoms with Crippen LogP contribution in [-0.2, 0) is 0 Å². The number of hydrogen-bond acceptors (Lipinski definition) is 5. The van der Waals surface area contributed by atoms with Gasteiger partial charge in [-0.2, -0.15) is 5.10 Å². The van der Waals surface area contributed by atoms with E-state index in [1.54, 1.807) is 16.9 Å². The third-order valence-corrected chi connectivity index (χ3v) is 3.44. The Morgan fingerprint density at radius 3 is 2.95 bits per heavy atom. The first kappa shape index (κ1) is 12.7. The van der Waals surface area contributed by atoms with Gasteiger partial charge in [0.25, 0.3) is 0 Å². The molecule has 0 bridgehead atoms. The average Bonchev–Trinajstić information content (AvgIpc) is 3.13. The summed E-state index contributed by atoms with van der Waals surface area (Å²) in [5.74, 6) is 0.998. The summed E-state index contributed by atoms with van der Waals surface area (Å²) >= 11 is 0. The van der Waals surface area contributed by atoms with Gasteiger partial charge in [-0.05, 0) is 37.6 Å². The molecule has 6 nitrogen and oxygen atoms in total. The fraction of sp³-hybridized carbons (Fsp3) is 0.357. The number of aliphatic imine (C=N–C) groups is 1. The van der Waals surface area contributed by atoms with Crippen molar-refractivity contribution in [1.82, 2.24) is 14.6 Å². The van der Waals surface area contributed by atoms with E-state index < -0.39 is 0 Å². The Labute approximate surface area is 117 Å². The highest BCUT2D eigenvalue weighted by molar-refractivity contribution is 5.82. The molecule has 1 fully saturated rings. The maximum Gasteiger partial charge on any atom is 0.183 e. The molecule has 2 N–H and O–H groups in total. The van der Waals surface area contributed by atoms with E-state index in [1.807, 2.05) is 19.2 Å². The van der Waals surface area contributed by atoms with Crippen molar-refractivity contribution in [3.8, 4) is 0 Å². The van der Waals surface area contributed by atoms with E-state index >= 15 is 0 Å². The molecule has 20 heavy (non-hydrogen) atoms. The Kier molecular flexibility index (Phi) is 3.37. The average molecular weight is 270 g/mol. The van der Waals surface area contributed by atoms with Crippen LogP contribution in [0, 0.1) is 0 Å². The maximum absolute atomic E-state index is 5.43. The third-order valence-electron chi connectivity index (χ3n) is 3.44. The molecule has 2 aromatic heterocycles. The van der Waals surface area contributed by atoms with E-state index in [1.165, 1.54) is 19.0 Å². The first-order valence-electron chi connectivity index (χ1n) is 6.80. The summed E-state index contributed by atoms with van der Waals surface area (Å²) in [5.41, 5.74) is 7.87. The predicted octanol–water partition coefficient (Wildman–Crippen LogP) is 1.89. The fourth-order valence-electron chi connectivity index (χ4n) is 2.28. The third kappa shape index (κ3) is 2.36. The number of fused-ring (bicyclic) bond motifs is 1. The molecule has 1 saturated heterocycles. The summed E-state index contributed by atoms with van der Waals surface area (Å²) in [6, 6.07) is 2.00. The van der Waals surface area contributed by atoms with Crippen LogP contribution in [0.2, 0.25) is 0 Å². The van der Waals surface area contributed by atoms with Crippen molar-refractivity contribution >= 4 is 23.4 Å². The molecule has 0 atom stereocenters. The Morgan fingerprint density at radius 1 is 1.40 bits per heavy atom. The van der Waals surface area contributed by atoms with Crippen LogP contribution in [0.15, 0.2) is 35.2 Å². The van der Waals surface area contributed by atoms with Gasteiger partial charge in [-0.25, -0.2) is 9.50 Å². The first-order chi connectivity index (χ1) is 9.78. The predicted molar refractivity (Wildman–Crippen MR) is 80.5 cm³/mol. The number of aromatic nitrogens is 3. The van der Waals surface area contributed by atoms with Crippen LogP contribution in [0.5, 0.6) is 0 Å². The van der Waals surface area contributed by atoms with Crippen LogP contribution in [0.25, 0.3) is 5.65 Å². The van der Waals surface area contributed by atoms with Crippen molar-refractivity contribution in [2.75, 3.05) is 18.0 Å². The van der Waals surface area contributed by atoms with Gasteiger partial charge in [0.2, 0.25) is 0 Å². The second kappa shape index (κ2) is 5.32. The Balaban J connectivity index is 1.97. The molecule has 0 amide bonds. The van der Waals surface area contributed by atoms with Gasteiger partial charge >= 0.3 is 0 Å². The second-order valence-electron chi connectivity index (χ2n) is 4.95. The van der Waals surface area contributed by atoms with Gasteiger partial charge < -0.3 is 10.6 Å². The van der Waals surface area contributed by atoms with Crippen LogP contribution in [-0.4, -0.2) is 33.9 Å². The SMILES string of the molecule is CC(C=Nc1cnn2ccc(N3CCCC3)nc12)=CN. The van der Waals surface area contributed by atoms with Crippen LogP contribution >= 0.6 is 0 Å². The van der Waals surface area contributed by atoms with Gasteiger partial charge in [-0.15, -0.1) is 0 Å². The molecule has 6 heteroatoms. The minimum absolute atomic E-state index is 0.757. The number of nitrogens with two attached hydrogens (primary N) is 1. The summed E-state index contributed by atoms with van der Waals surface area (Å²) in [6.07, 6.45) is 9.37. The van der Waals surface area contributed by atoms with Crippen molar-refractivity contribution in [3.05, 3.63) is 30.2 Å². The highest BCUT2D eigenvalue weighted by atomic mass is 15.3. The lowest BCUT2D eigenvalue weighted by molar-refractivity contribution is 0.899. The molecule has 0 spiro atoms. The van der Waals surface area contributed by atoms with Crippen LogP contribution in [0.3, 0.4) is 0 Å². The lowest BCUT2D eigenvalue weighted by Gasteiger charge is -2.15. The van der Waals surface area contributed by atoms with Crippen molar-refractivity contribution in [2.45, 2.75) is 19.8 Å². The van der Waals surface area contributed by atoms with Gasteiger partial charge in [0.1, 0.15) is 11.5 Å². The summed E-state index contributed by atoms with van der Waals surface area (Å²) in [5, 5.41) is 4.26. The number of rotatable bonds is 3. The Hall–Kier alpha value is -2.37. The lowest BCUT2D eigenvalue weighted by Crippen LogP contribution is -2.19. The van der Waals surface area contributed by atoms with Gasteiger partial charge in [0.05, 0.1) is 6.20 Å². The van der Waals surface area contributed by atoms with Gasteiger partial charge in [-0.3, -0.25) is 4.99 Å².